The molecule has 2 amide bonds. The number of non-ortho nitro benzene ring substituents is 1. The van der Waals surface area contributed by atoms with Crippen molar-refractivity contribution in [2.45, 2.75) is 6.61 Å². The number of para-hydroxylation sites is 2. The SMILES string of the molecule is COc1ccccc1OCCN1C(=O)S/C(=C\c2ccc(OCc3ccc([N+](=O)[O-])cc3)c(OC)c2)C1=O. The monoisotopic (exact) mass is 536 g/mol. The molecule has 196 valence electrons. The third kappa shape index (κ3) is 6.24. The predicted octanol–water partition coefficient (Wildman–Crippen LogP) is 5.31. The van der Waals surface area contributed by atoms with E-state index >= 15 is 0 Å². The van der Waals surface area contributed by atoms with Crippen molar-refractivity contribution in [2.75, 3.05) is 27.4 Å². The van der Waals surface area contributed by atoms with Crippen LogP contribution in [0, 0.1) is 10.1 Å². The number of nitro benzene ring substituents is 1. The van der Waals surface area contributed by atoms with Gasteiger partial charge in [0, 0.05) is 12.1 Å². The number of amides is 2. The normalized spacial score (nSPS) is 14.1. The van der Waals surface area contributed by atoms with Crippen molar-refractivity contribution in [3.63, 3.8) is 0 Å². The van der Waals surface area contributed by atoms with E-state index < -0.39 is 10.8 Å². The van der Waals surface area contributed by atoms with Gasteiger partial charge >= 0.3 is 0 Å². The van der Waals surface area contributed by atoms with Crippen LogP contribution in [-0.4, -0.2) is 48.3 Å². The molecule has 10 nitrogen and oxygen atoms in total. The van der Waals surface area contributed by atoms with Crippen LogP contribution in [0.3, 0.4) is 0 Å². The maximum atomic E-state index is 12.9. The summed E-state index contributed by atoms with van der Waals surface area (Å²) in [6.45, 7) is 0.405. The number of thioether (sulfide) groups is 1. The zero-order valence-corrected chi connectivity index (χ0v) is 21.4. The molecular weight excluding hydrogens is 512 g/mol. The Morgan fingerprint density at radius 2 is 1.58 bits per heavy atom. The van der Waals surface area contributed by atoms with E-state index in [-0.39, 0.29) is 35.6 Å². The molecule has 0 spiro atoms. The molecule has 0 bridgehead atoms. The van der Waals surface area contributed by atoms with Crippen LogP contribution in [0.15, 0.2) is 71.6 Å². The van der Waals surface area contributed by atoms with Gasteiger partial charge in [0.1, 0.15) is 13.2 Å². The summed E-state index contributed by atoms with van der Waals surface area (Å²) in [7, 11) is 3.03. The summed E-state index contributed by atoms with van der Waals surface area (Å²) in [5, 5.41) is 10.4. The van der Waals surface area contributed by atoms with Gasteiger partial charge in [-0.15, -0.1) is 0 Å². The molecule has 0 saturated carbocycles. The fraction of sp³-hybridized carbons (Fsp3) is 0.185. The molecule has 1 saturated heterocycles. The average Bonchev–Trinajstić information content (AvgIpc) is 3.19. The number of benzene rings is 3. The molecule has 0 atom stereocenters. The van der Waals surface area contributed by atoms with E-state index in [4.69, 9.17) is 18.9 Å². The number of imide groups is 1. The molecule has 38 heavy (non-hydrogen) atoms. The van der Waals surface area contributed by atoms with Crippen molar-refractivity contribution in [2.24, 2.45) is 0 Å². The number of methoxy groups -OCH3 is 2. The van der Waals surface area contributed by atoms with Gasteiger partial charge in [-0.1, -0.05) is 18.2 Å². The second-order valence-electron chi connectivity index (χ2n) is 7.96. The average molecular weight is 537 g/mol. The van der Waals surface area contributed by atoms with Gasteiger partial charge in [-0.25, -0.2) is 0 Å². The number of hydrogen-bond acceptors (Lipinski definition) is 9. The highest BCUT2D eigenvalue weighted by atomic mass is 32.2. The van der Waals surface area contributed by atoms with Crippen LogP contribution in [0.2, 0.25) is 0 Å². The van der Waals surface area contributed by atoms with Crippen molar-refractivity contribution < 1.29 is 33.5 Å². The Morgan fingerprint density at radius 1 is 0.895 bits per heavy atom. The summed E-state index contributed by atoms with van der Waals surface area (Å²) in [5.41, 5.74) is 1.41. The Balaban J connectivity index is 1.38. The minimum atomic E-state index is -0.461. The quantitative estimate of drug-likeness (QED) is 0.183. The van der Waals surface area contributed by atoms with E-state index in [0.717, 1.165) is 22.2 Å². The van der Waals surface area contributed by atoms with Gasteiger partial charge < -0.3 is 18.9 Å². The fourth-order valence-corrected chi connectivity index (χ4v) is 4.46. The second kappa shape index (κ2) is 12.2. The van der Waals surface area contributed by atoms with Gasteiger partial charge in [0.15, 0.2) is 23.0 Å². The Hall–Kier alpha value is -4.51. The zero-order chi connectivity index (χ0) is 27.1. The minimum absolute atomic E-state index is 0.00375. The van der Waals surface area contributed by atoms with E-state index in [0.29, 0.717) is 28.6 Å². The van der Waals surface area contributed by atoms with E-state index in [2.05, 4.69) is 0 Å². The summed E-state index contributed by atoms with van der Waals surface area (Å²) in [5.74, 6) is 1.59. The Kier molecular flexibility index (Phi) is 8.49. The van der Waals surface area contributed by atoms with Gasteiger partial charge in [0.05, 0.1) is 30.6 Å². The van der Waals surface area contributed by atoms with Crippen molar-refractivity contribution in [3.8, 4) is 23.0 Å². The first-order valence-corrected chi connectivity index (χ1v) is 12.3. The highest BCUT2D eigenvalue weighted by Gasteiger charge is 2.34. The van der Waals surface area contributed by atoms with Crippen molar-refractivity contribution in [1.82, 2.24) is 4.90 Å². The number of nitro groups is 1. The Labute approximate surface area is 222 Å². The van der Waals surface area contributed by atoms with Crippen LogP contribution in [0.5, 0.6) is 23.0 Å². The molecule has 1 fully saturated rings. The van der Waals surface area contributed by atoms with Gasteiger partial charge in [-0.2, -0.15) is 0 Å². The molecule has 0 aliphatic carbocycles. The smallest absolute Gasteiger partial charge is 0.293 e. The van der Waals surface area contributed by atoms with Gasteiger partial charge in [-0.05, 0) is 65.4 Å². The maximum absolute atomic E-state index is 12.9. The lowest BCUT2D eigenvalue weighted by molar-refractivity contribution is -0.384. The molecule has 3 aromatic rings. The van der Waals surface area contributed by atoms with E-state index in [1.807, 2.05) is 6.07 Å². The topological polar surface area (TPSA) is 117 Å². The first-order chi connectivity index (χ1) is 18.4. The highest BCUT2D eigenvalue weighted by molar-refractivity contribution is 8.18. The molecule has 11 heteroatoms. The van der Waals surface area contributed by atoms with E-state index in [9.17, 15) is 19.7 Å². The van der Waals surface area contributed by atoms with Crippen LogP contribution in [0.4, 0.5) is 10.5 Å². The van der Waals surface area contributed by atoms with E-state index in [1.165, 1.54) is 26.4 Å². The summed E-state index contributed by atoms with van der Waals surface area (Å²) in [4.78, 5) is 37.1. The molecule has 0 unspecified atom stereocenters. The molecule has 0 radical (unpaired) electrons. The second-order valence-corrected chi connectivity index (χ2v) is 8.95. The van der Waals surface area contributed by atoms with Crippen LogP contribution in [0.25, 0.3) is 6.08 Å². The molecule has 1 aliphatic heterocycles. The van der Waals surface area contributed by atoms with Crippen molar-refractivity contribution in [1.29, 1.82) is 0 Å². The number of hydrogen-bond donors (Lipinski definition) is 0. The zero-order valence-electron chi connectivity index (χ0n) is 20.6. The van der Waals surface area contributed by atoms with Crippen LogP contribution >= 0.6 is 11.8 Å². The lowest BCUT2D eigenvalue weighted by Gasteiger charge is -2.14. The number of ether oxygens (including phenoxy) is 4. The molecule has 4 rings (SSSR count). The lowest BCUT2D eigenvalue weighted by atomic mass is 10.1. The number of nitrogens with zero attached hydrogens (tertiary/aromatic N) is 2. The van der Waals surface area contributed by atoms with Crippen LogP contribution in [-0.2, 0) is 11.4 Å². The van der Waals surface area contributed by atoms with Crippen molar-refractivity contribution in [3.05, 3.63) is 92.9 Å². The molecule has 0 N–H and O–H groups in total. The summed E-state index contributed by atoms with van der Waals surface area (Å²) >= 11 is 0.857. The predicted molar refractivity (Wildman–Crippen MR) is 142 cm³/mol. The summed E-state index contributed by atoms with van der Waals surface area (Å²) in [6.07, 6.45) is 1.62. The lowest BCUT2D eigenvalue weighted by Crippen LogP contribution is -2.32. The molecular formula is C27H24N2O8S. The van der Waals surface area contributed by atoms with Crippen LogP contribution in [0.1, 0.15) is 11.1 Å². The largest absolute Gasteiger partial charge is 0.493 e. The first kappa shape index (κ1) is 26.6. The third-order valence-corrected chi connectivity index (χ3v) is 6.45. The van der Waals surface area contributed by atoms with Gasteiger partial charge in [0.25, 0.3) is 16.8 Å². The van der Waals surface area contributed by atoms with Gasteiger partial charge in [0.2, 0.25) is 0 Å². The number of rotatable bonds is 11. The molecule has 3 aromatic carbocycles. The standard InChI is InChI=1S/C27H24N2O8S/c1-34-21-5-3-4-6-22(21)36-14-13-28-26(30)25(38-27(28)31)16-19-9-12-23(24(15-19)35-2)37-17-18-7-10-20(11-8-18)29(32)33/h3-12,15-16H,13-14,17H2,1-2H3/b25-16-. The van der Waals surface area contributed by atoms with Crippen molar-refractivity contribution >= 4 is 34.7 Å². The third-order valence-electron chi connectivity index (χ3n) is 5.54. The van der Waals surface area contributed by atoms with E-state index in [1.54, 1.807) is 54.6 Å². The molecule has 0 aromatic heterocycles. The number of carbonyl (C=O) groups excluding carboxylic acids is 2. The van der Waals surface area contributed by atoms with Crippen LogP contribution < -0.4 is 18.9 Å². The Bertz CT molecular complexity index is 1370. The highest BCUT2D eigenvalue weighted by Crippen LogP contribution is 2.35. The summed E-state index contributed by atoms with van der Waals surface area (Å²) < 4.78 is 22.2. The molecule has 1 aliphatic rings. The minimum Gasteiger partial charge on any atom is -0.493 e. The maximum Gasteiger partial charge on any atom is 0.293 e. The van der Waals surface area contributed by atoms with Gasteiger partial charge in [-0.3, -0.25) is 24.6 Å². The number of carbonyl (C=O) groups is 2. The summed E-state index contributed by atoms with van der Waals surface area (Å²) in [6, 6.07) is 18.3. The first-order valence-electron chi connectivity index (χ1n) is 11.4. The molecule has 1 heterocycles. The Morgan fingerprint density at radius 3 is 2.26 bits per heavy atom. The fourth-order valence-electron chi connectivity index (χ4n) is 3.60.